The molecule has 1 aromatic heterocycles. The van der Waals surface area contributed by atoms with Crippen LogP contribution >= 0.6 is 11.6 Å². The Kier molecular flexibility index (Phi) is 10.1. The largest absolute Gasteiger partial charge is 0.485 e. The summed E-state index contributed by atoms with van der Waals surface area (Å²) in [7, 11) is -2.58. The number of rotatable bonds is 3. The number of carbonyl (C=O) groups excluding carboxylic acids is 2. The molecule has 1 amide bonds. The molecule has 11 heteroatoms. The molecule has 1 N–H and O–H groups in total. The number of benzene rings is 1. The molecule has 1 aliphatic carbocycles. The van der Waals surface area contributed by atoms with Crippen molar-refractivity contribution in [3.8, 4) is 5.75 Å². The Hall–Kier alpha value is -2.95. The molecule has 1 unspecified atom stereocenters. The topological polar surface area (TPSA) is 115 Å². The van der Waals surface area contributed by atoms with Crippen LogP contribution in [-0.4, -0.2) is 57.1 Å². The molecule has 2 bridgehead atoms. The maximum absolute atomic E-state index is 13.5. The number of fused-ring (bicyclic) bond motifs is 3. The van der Waals surface area contributed by atoms with Gasteiger partial charge in [0.2, 0.25) is 10.0 Å². The SMILES string of the molecule is COCC[C@@H]1[C@@H](C)C/C=C/C(=O)C2CC[C@H]2CN2CCCCc3cc(Cl)ccc3COc3ccc(nc32)C(=O)NS1(=O)=O. The Morgan fingerprint density at radius 2 is 1.98 bits per heavy atom. The minimum atomic E-state index is -4.09. The van der Waals surface area contributed by atoms with Gasteiger partial charge in [0.25, 0.3) is 5.91 Å². The van der Waals surface area contributed by atoms with Crippen LogP contribution in [-0.2, 0) is 32.6 Å². The second-order valence-corrected chi connectivity index (χ2v) is 14.2. The number of sulfonamides is 1. The van der Waals surface area contributed by atoms with E-state index in [1.807, 2.05) is 25.1 Å². The van der Waals surface area contributed by atoms with Crippen molar-refractivity contribution in [1.82, 2.24) is 9.71 Å². The van der Waals surface area contributed by atoms with E-state index in [4.69, 9.17) is 26.1 Å². The number of aromatic nitrogens is 1. The summed E-state index contributed by atoms with van der Waals surface area (Å²) in [5, 5.41) is -0.213. The maximum Gasteiger partial charge on any atom is 0.283 e. The molecule has 5 rings (SSSR count). The van der Waals surface area contributed by atoms with Crippen LogP contribution in [0, 0.1) is 17.8 Å². The van der Waals surface area contributed by atoms with Gasteiger partial charge >= 0.3 is 0 Å². The minimum Gasteiger partial charge on any atom is -0.485 e. The van der Waals surface area contributed by atoms with Gasteiger partial charge in [-0.25, -0.2) is 18.1 Å². The summed E-state index contributed by atoms with van der Waals surface area (Å²) < 4.78 is 40.8. The highest BCUT2D eigenvalue weighted by Gasteiger charge is 2.38. The van der Waals surface area contributed by atoms with Gasteiger partial charge in [0.05, 0.1) is 5.25 Å². The number of amides is 1. The Balaban J connectivity index is 1.54. The molecule has 0 saturated heterocycles. The van der Waals surface area contributed by atoms with Crippen LogP contribution in [0.4, 0.5) is 5.82 Å². The maximum atomic E-state index is 13.5. The highest BCUT2D eigenvalue weighted by Crippen LogP contribution is 2.39. The number of hydrogen-bond donors (Lipinski definition) is 1. The number of methoxy groups -OCH3 is 1. The molecule has 43 heavy (non-hydrogen) atoms. The van der Waals surface area contributed by atoms with Gasteiger partial charge in [-0.15, -0.1) is 0 Å². The third-order valence-corrected chi connectivity index (χ3v) is 11.2. The molecule has 3 heterocycles. The molecule has 2 aromatic rings. The van der Waals surface area contributed by atoms with Crippen molar-refractivity contribution in [3.05, 3.63) is 64.3 Å². The van der Waals surface area contributed by atoms with Gasteiger partial charge in [0.15, 0.2) is 17.4 Å². The molecule has 0 spiro atoms. The normalized spacial score (nSPS) is 26.9. The lowest BCUT2D eigenvalue weighted by Gasteiger charge is -2.39. The molecule has 1 fully saturated rings. The summed E-state index contributed by atoms with van der Waals surface area (Å²) in [4.78, 5) is 33.5. The summed E-state index contributed by atoms with van der Waals surface area (Å²) in [5.41, 5.74) is 2.15. The minimum absolute atomic E-state index is 0.00986. The van der Waals surface area contributed by atoms with Crippen LogP contribution in [0.15, 0.2) is 42.5 Å². The Morgan fingerprint density at radius 1 is 1.14 bits per heavy atom. The van der Waals surface area contributed by atoms with Crippen LogP contribution in [0.1, 0.15) is 67.1 Å². The quantitative estimate of drug-likeness (QED) is 0.498. The number of anilines is 1. The van der Waals surface area contributed by atoms with E-state index in [1.54, 1.807) is 18.2 Å². The van der Waals surface area contributed by atoms with E-state index in [9.17, 15) is 18.0 Å². The van der Waals surface area contributed by atoms with E-state index in [0.717, 1.165) is 43.2 Å². The molecule has 9 nitrogen and oxygen atoms in total. The molecule has 2 aliphatic heterocycles. The smallest absolute Gasteiger partial charge is 0.283 e. The second-order valence-electron chi connectivity index (χ2n) is 11.9. The van der Waals surface area contributed by atoms with Crippen molar-refractivity contribution in [1.29, 1.82) is 0 Å². The first-order valence-corrected chi connectivity index (χ1v) is 17.0. The lowest BCUT2D eigenvalue weighted by molar-refractivity contribution is -0.122. The van der Waals surface area contributed by atoms with Crippen molar-refractivity contribution in [3.63, 3.8) is 0 Å². The first-order chi connectivity index (χ1) is 20.7. The fourth-order valence-corrected chi connectivity index (χ4v) is 8.12. The molecular weight excluding hydrogens is 590 g/mol. The van der Waals surface area contributed by atoms with Crippen LogP contribution < -0.4 is 14.4 Å². The van der Waals surface area contributed by atoms with Gasteiger partial charge in [0, 0.05) is 37.7 Å². The number of allylic oxidation sites excluding steroid dienone is 2. The average molecular weight is 630 g/mol. The van der Waals surface area contributed by atoms with Gasteiger partial charge in [-0.3, -0.25) is 9.59 Å². The van der Waals surface area contributed by atoms with E-state index in [2.05, 4.69) is 9.62 Å². The summed E-state index contributed by atoms with van der Waals surface area (Å²) in [6.45, 7) is 3.56. The van der Waals surface area contributed by atoms with E-state index in [1.165, 1.54) is 13.2 Å². The number of nitrogens with zero attached hydrogens (tertiary/aromatic N) is 2. The Bertz CT molecular complexity index is 1480. The predicted octanol–water partition coefficient (Wildman–Crippen LogP) is 5.11. The zero-order valence-electron chi connectivity index (χ0n) is 24.8. The summed E-state index contributed by atoms with van der Waals surface area (Å²) in [5.74, 6) is -0.0471. The van der Waals surface area contributed by atoms with Gasteiger partial charge in [-0.2, -0.15) is 0 Å². The molecule has 0 radical (unpaired) electrons. The Labute approximate surface area is 259 Å². The van der Waals surface area contributed by atoms with Crippen molar-refractivity contribution in [2.45, 2.75) is 63.7 Å². The standard InChI is InChI=1S/C32H40ClN3O6S/c1-21-6-5-8-28(37)26-12-10-23(26)19-36-16-4-3-7-22-18-25(33)11-9-24(22)20-42-29-14-13-27(34-31(29)36)32(38)35-43(39,40)30(21)15-17-41-2/h5,8-9,11,13-14,18,21,23,26,30H,3-4,6-7,10,12,15-17,19-20H2,1-2H3,(H,35,38)/b8-5+/t21-,23-,26?,30+/m0/s1. The van der Waals surface area contributed by atoms with E-state index >= 15 is 0 Å². The molecule has 4 atom stereocenters. The number of aryl methyl sites for hydroxylation is 1. The van der Waals surface area contributed by atoms with Crippen molar-refractivity contribution < 1.29 is 27.5 Å². The van der Waals surface area contributed by atoms with E-state index in [0.29, 0.717) is 42.7 Å². The second kappa shape index (κ2) is 13.8. The van der Waals surface area contributed by atoms with Crippen LogP contribution in [0.2, 0.25) is 5.02 Å². The number of nitrogens with one attached hydrogen (secondary N) is 1. The highest BCUT2D eigenvalue weighted by molar-refractivity contribution is 7.90. The highest BCUT2D eigenvalue weighted by atomic mass is 35.5. The number of ketones is 1. The van der Waals surface area contributed by atoms with Gasteiger partial charge in [-0.05, 0) is 98.2 Å². The van der Waals surface area contributed by atoms with Crippen molar-refractivity contribution in [2.75, 3.05) is 31.7 Å². The zero-order chi connectivity index (χ0) is 30.6. The lowest BCUT2D eigenvalue weighted by atomic mass is 9.71. The number of halogens is 1. The summed E-state index contributed by atoms with van der Waals surface area (Å²) in [6, 6.07) is 8.98. The van der Waals surface area contributed by atoms with E-state index < -0.39 is 21.2 Å². The van der Waals surface area contributed by atoms with E-state index in [-0.39, 0.29) is 42.3 Å². The molecule has 1 aromatic carbocycles. The lowest BCUT2D eigenvalue weighted by Crippen LogP contribution is -2.43. The number of ether oxygens (including phenoxy) is 2. The average Bonchev–Trinajstić information content (AvgIpc) is 2.97. The number of hydrogen-bond acceptors (Lipinski definition) is 8. The number of carbonyl (C=O) groups is 2. The van der Waals surface area contributed by atoms with Crippen molar-refractivity contribution in [2.24, 2.45) is 17.8 Å². The third kappa shape index (κ3) is 7.41. The first kappa shape index (κ1) is 31.5. The number of pyridine rings is 1. The van der Waals surface area contributed by atoms with Crippen LogP contribution in [0.5, 0.6) is 5.75 Å². The molecule has 1 saturated carbocycles. The fourth-order valence-electron chi connectivity index (χ4n) is 6.28. The molecule has 232 valence electrons. The third-order valence-electron chi connectivity index (χ3n) is 8.95. The van der Waals surface area contributed by atoms with Crippen LogP contribution in [0.25, 0.3) is 0 Å². The van der Waals surface area contributed by atoms with Gasteiger partial charge in [0.1, 0.15) is 12.3 Å². The first-order valence-electron chi connectivity index (χ1n) is 15.1. The molecular formula is C32H40ClN3O6S. The fraction of sp³-hybridized carbons (Fsp3) is 0.531. The summed E-state index contributed by atoms with van der Waals surface area (Å²) in [6.07, 6.45) is 8.33. The zero-order valence-corrected chi connectivity index (χ0v) is 26.3. The molecule has 3 aliphatic rings. The van der Waals surface area contributed by atoms with Gasteiger partial charge in [-0.1, -0.05) is 30.7 Å². The summed E-state index contributed by atoms with van der Waals surface area (Å²) >= 11 is 6.29. The Morgan fingerprint density at radius 3 is 2.74 bits per heavy atom. The van der Waals surface area contributed by atoms with Crippen molar-refractivity contribution >= 4 is 39.1 Å². The van der Waals surface area contributed by atoms with Gasteiger partial charge < -0.3 is 14.4 Å². The monoisotopic (exact) mass is 629 g/mol. The van der Waals surface area contributed by atoms with Crippen LogP contribution in [0.3, 0.4) is 0 Å². The predicted molar refractivity (Wildman–Crippen MR) is 166 cm³/mol.